The van der Waals surface area contributed by atoms with Crippen molar-refractivity contribution in [3.05, 3.63) is 42.2 Å². The number of thioether (sulfide) groups is 1. The van der Waals surface area contributed by atoms with Gasteiger partial charge in [-0.3, -0.25) is 14.2 Å². The molecule has 8 heteroatoms. The molecule has 0 fully saturated rings. The molecule has 2 aromatic rings. The third kappa shape index (κ3) is 5.95. The van der Waals surface area contributed by atoms with Crippen molar-refractivity contribution in [1.29, 1.82) is 0 Å². The summed E-state index contributed by atoms with van der Waals surface area (Å²) in [5.41, 5.74) is 2.98. The molecular weight excluding hydrogens is 374 g/mol. The first kappa shape index (κ1) is 20.1. The molecule has 0 saturated carbocycles. The normalized spacial score (nSPS) is 13.7. The van der Waals surface area contributed by atoms with E-state index in [9.17, 15) is 9.59 Å². The van der Waals surface area contributed by atoms with Crippen molar-refractivity contribution in [3.8, 4) is 5.69 Å². The van der Waals surface area contributed by atoms with Crippen molar-refractivity contribution in [2.75, 3.05) is 17.6 Å². The van der Waals surface area contributed by atoms with Crippen molar-refractivity contribution in [1.82, 2.24) is 20.1 Å². The summed E-state index contributed by atoms with van der Waals surface area (Å²) in [6, 6.07) is 7.41. The maximum absolute atomic E-state index is 12.1. The molecule has 0 spiro atoms. The van der Waals surface area contributed by atoms with Crippen LogP contribution in [0.4, 0.5) is 5.69 Å². The number of nitrogens with one attached hydrogen (secondary N) is 2. The lowest BCUT2D eigenvalue weighted by Gasteiger charge is -2.13. The van der Waals surface area contributed by atoms with Gasteiger partial charge in [0.1, 0.15) is 6.33 Å². The second-order valence-corrected chi connectivity index (χ2v) is 7.65. The zero-order chi connectivity index (χ0) is 19.8. The summed E-state index contributed by atoms with van der Waals surface area (Å²) in [7, 11) is 0. The van der Waals surface area contributed by atoms with E-state index < -0.39 is 0 Å². The molecule has 0 aliphatic heterocycles. The third-order valence-corrected chi connectivity index (χ3v) is 5.39. The number of benzene rings is 1. The van der Waals surface area contributed by atoms with Crippen molar-refractivity contribution in [3.63, 3.8) is 0 Å². The Kier molecular flexibility index (Phi) is 7.25. The number of rotatable bonds is 8. The van der Waals surface area contributed by atoms with Crippen LogP contribution in [0.3, 0.4) is 0 Å². The van der Waals surface area contributed by atoms with Crippen LogP contribution in [-0.4, -0.2) is 38.9 Å². The van der Waals surface area contributed by atoms with Crippen LogP contribution in [0.15, 0.2) is 47.4 Å². The molecule has 0 unspecified atom stereocenters. The number of hydrogen-bond acceptors (Lipinski definition) is 5. The van der Waals surface area contributed by atoms with Crippen LogP contribution in [0.1, 0.15) is 39.0 Å². The predicted octanol–water partition coefficient (Wildman–Crippen LogP) is 3.32. The van der Waals surface area contributed by atoms with Crippen LogP contribution >= 0.6 is 11.8 Å². The highest BCUT2D eigenvalue weighted by molar-refractivity contribution is 7.99. The lowest BCUT2D eigenvalue weighted by Crippen LogP contribution is -2.26. The summed E-state index contributed by atoms with van der Waals surface area (Å²) in [6.45, 7) is 2.15. The van der Waals surface area contributed by atoms with E-state index in [1.165, 1.54) is 37.1 Å². The molecule has 1 aromatic carbocycles. The number of carbonyl (C=O) groups is 2. The summed E-state index contributed by atoms with van der Waals surface area (Å²) in [5, 5.41) is 14.4. The average Bonchev–Trinajstić information content (AvgIpc) is 3.16. The van der Waals surface area contributed by atoms with Gasteiger partial charge in [-0.2, -0.15) is 0 Å². The van der Waals surface area contributed by atoms with Gasteiger partial charge in [0.15, 0.2) is 5.16 Å². The van der Waals surface area contributed by atoms with Gasteiger partial charge in [0.05, 0.1) is 11.4 Å². The quantitative estimate of drug-likeness (QED) is 0.525. The monoisotopic (exact) mass is 399 g/mol. The SMILES string of the molecule is CC(=O)Nc1cccc(-n2cnnc2SCC(=O)NCCC2=CCCCC2)c1. The van der Waals surface area contributed by atoms with Gasteiger partial charge >= 0.3 is 0 Å². The Morgan fingerprint density at radius 1 is 1.29 bits per heavy atom. The molecule has 0 radical (unpaired) electrons. The van der Waals surface area contributed by atoms with E-state index in [2.05, 4.69) is 26.9 Å². The minimum atomic E-state index is -0.129. The summed E-state index contributed by atoms with van der Waals surface area (Å²) >= 11 is 1.34. The van der Waals surface area contributed by atoms with Gasteiger partial charge in [-0.25, -0.2) is 0 Å². The second-order valence-electron chi connectivity index (χ2n) is 6.71. The van der Waals surface area contributed by atoms with Crippen molar-refractivity contribution >= 4 is 29.3 Å². The minimum absolute atomic E-state index is 0.0112. The average molecular weight is 400 g/mol. The predicted molar refractivity (Wildman–Crippen MR) is 111 cm³/mol. The molecule has 148 valence electrons. The van der Waals surface area contributed by atoms with Crippen molar-refractivity contribution < 1.29 is 9.59 Å². The molecule has 2 amide bonds. The fraction of sp³-hybridized carbons (Fsp3) is 0.400. The van der Waals surface area contributed by atoms with Gasteiger partial charge in [0.2, 0.25) is 11.8 Å². The Morgan fingerprint density at radius 2 is 2.18 bits per heavy atom. The van der Waals surface area contributed by atoms with Crippen LogP contribution in [-0.2, 0) is 9.59 Å². The minimum Gasteiger partial charge on any atom is -0.355 e. The molecule has 1 aliphatic carbocycles. The van der Waals surface area contributed by atoms with E-state index in [-0.39, 0.29) is 17.6 Å². The number of amides is 2. The number of hydrogen-bond donors (Lipinski definition) is 2. The number of aromatic nitrogens is 3. The zero-order valence-corrected chi connectivity index (χ0v) is 16.8. The lowest BCUT2D eigenvalue weighted by atomic mass is 9.97. The van der Waals surface area contributed by atoms with E-state index in [0.717, 1.165) is 24.9 Å². The molecule has 0 bridgehead atoms. The standard InChI is InChI=1S/C20H25N5O2S/c1-15(26)23-17-8-5-9-18(12-17)25-14-22-24-20(25)28-13-19(27)21-11-10-16-6-3-2-4-7-16/h5-6,8-9,12,14H,2-4,7,10-11,13H2,1H3,(H,21,27)(H,23,26). The second kappa shape index (κ2) is 10.1. The van der Waals surface area contributed by atoms with Gasteiger partial charge in [-0.1, -0.05) is 29.5 Å². The Morgan fingerprint density at radius 3 is 2.96 bits per heavy atom. The largest absolute Gasteiger partial charge is 0.355 e. The number of allylic oxidation sites excluding steroid dienone is 1. The number of nitrogens with zero attached hydrogens (tertiary/aromatic N) is 3. The number of anilines is 1. The third-order valence-electron chi connectivity index (χ3n) is 4.45. The van der Waals surface area contributed by atoms with Crippen LogP contribution in [0, 0.1) is 0 Å². The molecule has 0 atom stereocenters. The molecule has 7 nitrogen and oxygen atoms in total. The van der Waals surface area contributed by atoms with Gasteiger partial charge < -0.3 is 10.6 Å². The van der Waals surface area contributed by atoms with Crippen LogP contribution < -0.4 is 10.6 Å². The van der Waals surface area contributed by atoms with E-state index in [1.807, 2.05) is 24.3 Å². The Balaban J connectivity index is 1.52. The highest BCUT2D eigenvalue weighted by Crippen LogP contribution is 2.22. The molecular formula is C20H25N5O2S. The molecule has 3 rings (SSSR count). The first-order valence-corrected chi connectivity index (χ1v) is 10.5. The highest BCUT2D eigenvalue weighted by atomic mass is 32.2. The first-order chi connectivity index (χ1) is 13.6. The summed E-state index contributed by atoms with van der Waals surface area (Å²) < 4.78 is 1.80. The maximum atomic E-state index is 12.1. The lowest BCUT2D eigenvalue weighted by molar-refractivity contribution is -0.118. The molecule has 1 aliphatic rings. The number of carbonyl (C=O) groups excluding carboxylic acids is 2. The summed E-state index contributed by atoms with van der Waals surface area (Å²) in [6.07, 6.45) is 9.70. The first-order valence-electron chi connectivity index (χ1n) is 9.47. The van der Waals surface area contributed by atoms with Gasteiger partial charge in [0, 0.05) is 19.2 Å². The van der Waals surface area contributed by atoms with E-state index in [0.29, 0.717) is 17.4 Å². The van der Waals surface area contributed by atoms with Crippen molar-refractivity contribution in [2.45, 2.75) is 44.2 Å². The fourth-order valence-electron chi connectivity index (χ4n) is 3.11. The van der Waals surface area contributed by atoms with Crippen LogP contribution in [0.5, 0.6) is 0 Å². The highest BCUT2D eigenvalue weighted by Gasteiger charge is 2.11. The fourth-order valence-corrected chi connectivity index (χ4v) is 3.87. The summed E-state index contributed by atoms with van der Waals surface area (Å²) in [4.78, 5) is 23.4. The molecule has 1 heterocycles. The van der Waals surface area contributed by atoms with Gasteiger partial charge in [0.25, 0.3) is 0 Å². The van der Waals surface area contributed by atoms with Crippen LogP contribution in [0.2, 0.25) is 0 Å². The topological polar surface area (TPSA) is 88.9 Å². The zero-order valence-electron chi connectivity index (χ0n) is 16.0. The molecule has 0 saturated heterocycles. The Bertz CT molecular complexity index is 862. The van der Waals surface area contributed by atoms with Crippen LogP contribution in [0.25, 0.3) is 5.69 Å². The Hall–Kier alpha value is -2.61. The van der Waals surface area contributed by atoms with E-state index in [4.69, 9.17) is 0 Å². The molecule has 2 N–H and O–H groups in total. The summed E-state index contributed by atoms with van der Waals surface area (Å²) in [5.74, 6) is 0.141. The molecule has 1 aromatic heterocycles. The smallest absolute Gasteiger partial charge is 0.230 e. The molecule has 28 heavy (non-hydrogen) atoms. The maximum Gasteiger partial charge on any atom is 0.230 e. The van der Waals surface area contributed by atoms with Gasteiger partial charge in [-0.15, -0.1) is 10.2 Å². The Labute approximate surface area is 169 Å². The van der Waals surface area contributed by atoms with Crippen molar-refractivity contribution in [2.24, 2.45) is 0 Å². The van der Waals surface area contributed by atoms with E-state index >= 15 is 0 Å². The van der Waals surface area contributed by atoms with Gasteiger partial charge in [-0.05, 0) is 50.3 Å². The van der Waals surface area contributed by atoms with E-state index in [1.54, 1.807) is 10.9 Å².